The highest BCUT2D eigenvalue weighted by atomic mass is 15.0. The molecule has 0 aliphatic heterocycles. The minimum absolute atomic E-state index is 0.241. The zero-order valence-corrected chi connectivity index (χ0v) is 8.41. The fourth-order valence-corrected chi connectivity index (χ4v) is 4.53. The van der Waals surface area contributed by atoms with Gasteiger partial charge < -0.3 is 5.73 Å². The molecule has 0 bridgehead atoms. The van der Waals surface area contributed by atoms with Crippen LogP contribution >= 0.6 is 0 Å². The van der Waals surface area contributed by atoms with Gasteiger partial charge >= 0.3 is 0 Å². The molecule has 0 aromatic rings. The average molecular weight is 165 g/mol. The fraction of sp³-hybridized carbons (Fsp3) is 1.00. The van der Waals surface area contributed by atoms with Gasteiger partial charge in [-0.25, -0.2) is 0 Å². The monoisotopic (exact) mass is 165 g/mol. The van der Waals surface area contributed by atoms with Crippen LogP contribution in [0.4, 0.5) is 0 Å². The van der Waals surface area contributed by atoms with Crippen LogP contribution in [0.5, 0.6) is 0 Å². The normalized spacial score (nSPS) is 65.0. The van der Waals surface area contributed by atoms with Crippen LogP contribution in [0.15, 0.2) is 0 Å². The number of rotatable bonds is 0. The molecule has 0 radical (unpaired) electrons. The van der Waals surface area contributed by atoms with Crippen molar-refractivity contribution in [1.82, 2.24) is 0 Å². The standard InChI is InChI=1S/C11H19N/c1-8(2)6-11(12)5-4-10(11)7-9(8,10)3/h4-7,12H2,1-3H3. The predicted octanol–water partition coefficient (Wildman–Crippen LogP) is 2.30. The number of hydrogen-bond acceptors (Lipinski definition) is 1. The molecule has 3 rings (SSSR count). The van der Waals surface area contributed by atoms with Crippen molar-refractivity contribution < 1.29 is 0 Å². The van der Waals surface area contributed by atoms with Crippen molar-refractivity contribution in [3.63, 3.8) is 0 Å². The molecule has 3 unspecified atom stereocenters. The molecule has 2 N–H and O–H groups in total. The summed E-state index contributed by atoms with van der Waals surface area (Å²) in [5.74, 6) is 0. The van der Waals surface area contributed by atoms with Crippen LogP contribution in [-0.4, -0.2) is 5.54 Å². The minimum Gasteiger partial charge on any atom is -0.325 e. The Kier molecular flexibility index (Phi) is 0.854. The van der Waals surface area contributed by atoms with Crippen LogP contribution in [0.2, 0.25) is 0 Å². The van der Waals surface area contributed by atoms with Crippen LogP contribution in [0.3, 0.4) is 0 Å². The van der Waals surface area contributed by atoms with Gasteiger partial charge in [0.1, 0.15) is 0 Å². The topological polar surface area (TPSA) is 26.0 Å². The van der Waals surface area contributed by atoms with Gasteiger partial charge in [0.05, 0.1) is 0 Å². The highest BCUT2D eigenvalue weighted by molar-refractivity contribution is 5.37. The van der Waals surface area contributed by atoms with Crippen molar-refractivity contribution in [2.45, 2.75) is 52.0 Å². The molecule has 3 fully saturated rings. The van der Waals surface area contributed by atoms with E-state index in [-0.39, 0.29) is 5.54 Å². The van der Waals surface area contributed by atoms with Gasteiger partial charge in [-0.2, -0.15) is 0 Å². The van der Waals surface area contributed by atoms with Crippen molar-refractivity contribution in [2.75, 3.05) is 0 Å². The third-order valence-electron chi connectivity index (χ3n) is 5.79. The molecule has 0 aromatic heterocycles. The van der Waals surface area contributed by atoms with E-state index in [1.165, 1.54) is 25.7 Å². The van der Waals surface area contributed by atoms with Crippen molar-refractivity contribution in [2.24, 2.45) is 22.0 Å². The summed E-state index contributed by atoms with van der Waals surface area (Å²) in [5.41, 5.74) is 8.36. The van der Waals surface area contributed by atoms with Gasteiger partial charge in [0.2, 0.25) is 0 Å². The molecule has 12 heavy (non-hydrogen) atoms. The van der Waals surface area contributed by atoms with Gasteiger partial charge in [0.15, 0.2) is 0 Å². The molecule has 0 amide bonds. The third-order valence-corrected chi connectivity index (χ3v) is 5.79. The predicted molar refractivity (Wildman–Crippen MR) is 49.7 cm³/mol. The highest BCUT2D eigenvalue weighted by Gasteiger charge is 2.85. The lowest BCUT2D eigenvalue weighted by molar-refractivity contribution is 0.106. The van der Waals surface area contributed by atoms with E-state index in [9.17, 15) is 0 Å². The zero-order valence-electron chi connectivity index (χ0n) is 8.41. The number of hydrogen-bond donors (Lipinski definition) is 1. The second-order valence-corrected chi connectivity index (χ2v) is 6.31. The van der Waals surface area contributed by atoms with E-state index >= 15 is 0 Å². The Morgan fingerprint density at radius 3 is 1.83 bits per heavy atom. The van der Waals surface area contributed by atoms with E-state index in [0.717, 1.165) is 0 Å². The van der Waals surface area contributed by atoms with Crippen LogP contribution in [0, 0.1) is 16.2 Å². The number of nitrogens with two attached hydrogens (primary N) is 1. The van der Waals surface area contributed by atoms with Gasteiger partial charge in [0.25, 0.3) is 0 Å². The minimum atomic E-state index is 0.241. The SMILES string of the molecule is CC1(C)CC2(N)CCC23CC13C. The van der Waals surface area contributed by atoms with Gasteiger partial charge in [0, 0.05) is 5.54 Å². The summed E-state index contributed by atoms with van der Waals surface area (Å²) >= 11 is 0. The Morgan fingerprint density at radius 2 is 1.67 bits per heavy atom. The van der Waals surface area contributed by atoms with Gasteiger partial charge in [-0.3, -0.25) is 0 Å². The molecular weight excluding hydrogens is 146 g/mol. The first kappa shape index (κ1) is 7.37. The van der Waals surface area contributed by atoms with E-state index in [0.29, 0.717) is 16.2 Å². The first-order chi connectivity index (χ1) is 5.37. The van der Waals surface area contributed by atoms with E-state index in [2.05, 4.69) is 20.8 Å². The molecule has 68 valence electrons. The van der Waals surface area contributed by atoms with Gasteiger partial charge in [-0.1, -0.05) is 20.8 Å². The van der Waals surface area contributed by atoms with Crippen molar-refractivity contribution in [3.8, 4) is 0 Å². The molecule has 1 spiro atoms. The second-order valence-electron chi connectivity index (χ2n) is 6.31. The Labute approximate surface area is 74.7 Å². The smallest absolute Gasteiger partial charge is 0.0222 e. The molecule has 1 nitrogen and oxygen atoms in total. The third kappa shape index (κ3) is 0.414. The van der Waals surface area contributed by atoms with E-state index in [4.69, 9.17) is 5.73 Å². The lowest BCUT2D eigenvalue weighted by atomic mass is 9.64. The van der Waals surface area contributed by atoms with Crippen molar-refractivity contribution in [3.05, 3.63) is 0 Å². The molecular formula is C11H19N. The summed E-state index contributed by atoms with van der Waals surface area (Å²) in [6, 6.07) is 0. The maximum Gasteiger partial charge on any atom is 0.0222 e. The maximum absolute atomic E-state index is 6.44. The molecule has 3 aliphatic rings. The highest BCUT2D eigenvalue weighted by Crippen LogP contribution is 2.88. The first-order valence-electron chi connectivity index (χ1n) is 5.16. The molecule has 3 atom stereocenters. The summed E-state index contributed by atoms with van der Waals surface area (Å²) in [6.45, 7) is 7.28. The zero-order chi connectivity index (χ0) is 8.83. The molecule has 3 aliphatic carbocycles. The molecule has 1 heteroatoms. The van der Waals surface area contributed by atoms with Crippen LogP contribution in [-0.2, 0) is 0 Å². The van der Waals surface area contributed by atoms with E-state index in [1.54, 1.807) is 0 Å². The molecule has 0 aromatic carbocycles. The van der Waals surface area contributed by atoms with Crippen molar-refractivity contribution in [1.29, 1.82) is 0 Å². The van der Waals surface area contributed by atoms with Crippen LogP contribution in [0.25, 0.3) is 0 Å². The van der Waals surface area contributed by atoms with E-state index in [1.807, 2.05) is 0 Å². The Morgan fingerprint density at radius 1 is 1.00 bits per heavy atom. The Balaban J connectivity index is 2.12. The summed E-state index contributed by atoms with van der Waals surface area (Å²) in [7, 11) is 0. The lowest BCUT2D eigenvalue weighted by Crippen LogP contribution is -2.55. The fourth-order valence-electron chi connectivity index (χ4n) is 4.53. The van der Waals surface area contributed by atoms with Gasteiger partial charge in [-0.15, -0.1) is 0 Å². The summed E-state index contributed by atoms with van der Waals surface area (Å²) in [5, 5.41) is 0. The van der Waals surface area contributed by atoms with Gasteiger partial charge in [-0.05, 0) is 41.9 Å². The average Bonchev–Trinajstić information content (AvgIpc) is 2.55. The molecule has 0 heterocycles. The Hall–Kier alpha value is -0.0400. The Bertz CT molecular complexity index is 257. The maximum atomic E-state index is 6.44. The summed E-state index contributed by atoms with van der Waals surface area (Å²) in [4.78, 5) is 0. The van der Waals surface area contributed by atoms with Crippen LogP contribution < -0.4 is 5.73 Å². The first-order valence-corrected chi connectivity index (χ1v) is 5.16. The summed E-state index contributed by atoms with van der Waals surface area (Å²) in [6.07, 6.45) is 5.36. The summed E-state index contributed by atoms with van der Waals surface area (Å²) < 4.78 is 0. The van der Waals surface area contributed by atoms with Crippen LogP contribution in [0.1, 0.15) is 46.5 Å². The van der Waals surface area contributed by atoms with Crippen molar-refractivity contribution >= 4 is 0 Å². The second kappa shape index (κ2) is 1.39. The van der Waals surface area contributed by atoms with E-state index < -0.39 is 0 Å². The lowest BCUT2D eigenvalue weighted by Gasteiger charge is -2.46. The quantitative estimate of drug-likeness (QED) is 0.585. The molecule has 3 saturated carbocycles. The molecule has 0 saturated heterocycles. The largest absolute Gasteiger partial charge is 0.325 e.